The molecule has 0 fully saturated rings. The second kappa shape index (κ2) is 6.40. The van der Waals surface area contributed by atoms with Crippen molar-refractivity contribution in [2.75, 3.05) is 11.9 Å². The summed E-state index contributed by atoms with van der Waals surface area (Å²) in [5.41, 5.74) is 1.09. The van der Waals surface area contributed by atoms with Crippen LogP contribution in [0, 0.1) is 0 Å². The van der Waals surface area contributed by atoms with Crippen molar-refractivity contribution in [2.45, 2.75) is 39.8 Å². The fourth-order valence-electron chi connectivity index (χ4n) is 1.24. The summed E-state index contributed by atoms with van der Waals surface area (Å²) in [7, 11) is 0. The van der Waals surface area contributed by atoms with E-state index < -0.39 is 0 Å². The lowest BCUT2D eigenvalue weighted by Gasteiger charge is -2.09. The third-order valence-electron chi connectivity index (χ3n) is 2.05. The largest absolute Gasteiger partial charge is 0.370 e. The predicted octanol–water partition coefficient (Wildman–Crippen LogP) is 2.40. The molecule has 1 heterocycles. The molecule has 84 valence electrons. The molecular weight excluding hydrogens is 186 g/mol. The fraction of sp³-hybridized carbons (Fsp3) is 0.583. The summed E-state index contributed by atoms with van der Waals surface area (Å²) >= 11 is 0. The molecule has 0 aliphatic rings. The number of nitrogens with zero attached hydrogens (tertiary/aromatic N) is 1. The van der Waals surface area contributed by atoms with E-state index >= 15 is 0 Å². The molecule has 0 saturated heterocycles. The number of pyridine rings is 1. The molecule has 2 N–H and O–H groups in total. The van der Waals surface area contributed by atoms with Gasteiger partial charge in [0.2, 0.25) is 0 Å². The lowest BCUT2D eigenvalue weighted by Crippen LogP contribution is -2.22. The normalized spacial score (nSPS) is 10.7. The van der Waals surface area contributed by atoms with E-state index in [1.165, 1.54) is 0 Å². The van der Waals surface area contributed by atoms with Crippen molar-refractivity contribution in [2.24, 2.45) is 0 Å². The Balaban J connectivity index is 2.50. The third kappa shape index (κ3) is 4.79. The maximum absolute atomic E-state index is 4.51. The Morgan fingerprint density at radius 3 is 2.80 bits per heavy atom. The van der Waals surface area contributed by atoms with Crippen molar-refractivity contribution < 1.29 is 0 Å². The van der Waals surface area contributed by atoms with Gasteiger partial charge in [0.05, 0.1) is 5.69 Å². The van der Waals surface area contributed by atoms with Crippen molar-refractivity contribution in [3.63, 3.8) is 0 Å². The summed E-state index contributed by atoms with van der Waals surface area (Å²) in [6, 6.07) is 6.60. The zero-order valence-electron chi connectivity index (χ0n) is 9.88. The standard InChI is InChI=1S/C12H21N3/c1-4-8-13-12-7-5-6-11(15-12)9-14-10(2)3/h5-7,10,14H,4,8-9H2,1-3H3,(H,13,15). The Bertz CT molecular complexity index is 284. The molecule has 1 aromatic rings. The van der Waals surface area contributed by atoms with Crippen molar-refractivity contribution in [3.05, 3.63) is 23.9 Å². The molecule has 0 aliphatic heterocycles. The maximum Gasteiger partial charge on any atom is 0.126 e. The average molecular weight is 207 g/mol. The molecular formula is C12H21N3. The van der Waals surface area contributed by atoms with Gasteiger partial charge in [0.15, 0.2) is 0 Å². The second-order valence-corrected chi connectivity index (χ2v) is 3.98. The van der Waals surface area contributed by atoms with Crippen molar-refractivity contribution >= 4 is 5.82 Å². The van der Waals surface area contributed by atoms with Crippen LogP contribution in [0.1, 0.15) is 32.9 Å². The van der Waals surface area contributed by atoms with Gasteiger partial charge < -0.3 is 10.6 Å². The summed E-state index contributed by atoms with van der Waals surface area (Å²) in [4.78, 5) is 4.51. The second-order valence-electron chi connectivity index (χ2n) is 3.98. The van der Waals surface area contributed by atoms with Crippen LogP contribution >= 0.6 is 0 Å². The Morgan fingerprint density at radius 1 is 1.33 bits per heavy atom. The van der Waals surface area contributed by atoms with E-state index in [-0.39, 0.29) is 0 Å². The van der Waals surface area contributed by atoms with E-state index in [4.69, 9.17) is 0 Å². The number of hydrogen-bond acceptors (Lipinski definition) is 3. The molecule has 0 saturated carbocycles. The summed E-state index contributed by atoms with van der Waals surface area (Å²) < 4.78 is 0. The number of aromatic nitrogens is 1. The van der Waals surface area contributed by atoms with Gasteiger partial charge in [-0.25, -0.2) is 4.98 Å². The molecule has 0 bridgehead atoms. The quantitative estimate of drug-likeness (QED) is 0.752. The summed E-state index contributed by atoms with van der Waals surface area (Å²) in [6.07, 6.45) is 1.12. The Morgan fingerprint density at radius 2 is 2.13 bits per heavy atom. The van der Waals surface area contributed by atoms with E-state index in [0.29, 0.717) is 6.04 Å². The van der Waals surface area contributed by atoms with Crippen LogP contribution in [-0.4, -0.2) is 17.6 Å². The monoisotopic (exact) mass is 207 g/mol. The minimum Gasteiger partial charge on any atom is -0.370 e. The van der Waals surface area contributed by atoms with Crippen LogP contribution in [0.4, 0.5) is 5.82 Å². The third-order valence-corrected chi connectivity index (χ3v) is 2.05. The number of nitrogens with one attached hydrogen (secondary N) is 2. The smallest absolute Gasteiger partial charge is 0.126 e. The van der Waals surface area contributed by atoms with Gasteiger partial charge in [-0.3, -0.25) is 0 Å². The Hall–Kier alpha value is -1.09. The highest BCUT2D eigenvalue weighted by Gasteiger charge is 1.98. The van der Waals surface area contributed by atoms with Crippen molar-refractivity contribution in [3.8, 4) is 0 Å². The minimum atomic E-state index is 0.499. The van der Waals surface area contributed by atoms with Crippen LogP contribution in [-0.2, 0) is 6.54 Å². The van der Waals surface area contributed by atoms with Gasteiger partial charge in [0, 0.05) is 19.1 Å². The first-order valence-electron chi connectivity index (χ1n) is 5.65. The van der Waals surface area contributed by atoms with Crippen molar-refractivity contribution in [1.82, 2.24) is 10.3 Å². The highest BCUT2D eigenvalue weighted by molar-refractivity contribution is 5.35. The summed E-state index contributed by atoms with van der Waals surface area (Å²) in [6.45, 7) is 8.24. The molecule has 0 spiro atoms. The molecule has 0 amide bonds. The molecule has 3 nitrogen and oxygen atoms in total. The first-order valence-corrected chi connectivity index (χ1v) is 5.65. The molecule has 0 unspecified atom stereocenters. The maximum atomic E-state index is 4.51. The number of rotatable bonds is 6. The number of anilines is 1. The number of hydrogen-bond donors (Lipinski definition) is 2. The lowest BCUT2D eigenvalue weighted by atomic mass is 10.3. The molecule has 1 aromatic heterocycles. The zero-order chi connectivity index (χ0) is 11.1. The van der Waals surface area contributed by atoms with E-state index in [1.807, 2.05) is 18.2 Å². The molecule has 1 rings (SSSR count). The topological polar surface area (TPSA) is 37.0 Å². The molecule has 0 aliphatic carbocycles. The SMILES string of the molecule is CCCNc1cccc(CNC(C)C)n1. The average Bonchev–Trinajstić information content (AvgIpc) is 2.24. The van der Waals surface area contributed by atoms with Gasteiger partial charge in [-0.05, 0) is 18.6 Å². The van der Waals surface area contributed by atoms with E-state index in [9.17, 15) is 0 Å². The first-order chi connectivity index (χ1) is 7.22. The van der Waals surface area contributed by atoms with Crippen LogP contribution in [0.3, 0.4) is 0 Å². The van der Waals surface area contributed by atoms with Gasteiger partial charge in [0.25, 0.3) is 0 Å². The van der Waals surface area contributed by atoms with Crippen LogP contribution in [0.25, 0.3) is 0 Å². The highest BCUT2D eigenvalue weighted by Crippen LogP contribution is 2.04. The zero-order valence-corrected chi connectivity index (χ0v) is 9.88. The van der Waals surface area contributed by atoms with Gasteiger partial charge >= 0.3 is 0 Å². The molecule has 0 radical (unpaired) electrons. The van der Waals surface area contributed by atoms with Gasteiger partial charge in [-0.2, -0.15) is 0 Å². The van der Waals surface area contributed by atoms with Crippen LogP contribution in [0.5, 0.6) is 0 Å². The van der Waals surface area contributed by atoms with Gasteiger partial charge in [0.1, 0.15) is 5.82 Å². The van der Waals surface area contributed by atoms with Crippen LogP contribution in [0.2, 0.25) is 0 Å². The first kappa shape index (κ1) is 12.0. The molecule has 0 aromatic carbocycles. The van der Waals surface area contributed by atoms with Crippen molar-refractivity contribution in [1.29, 1.82) is 0 Å². The van der Waals surface area contributed by atoms with Crippen LogP contribution < -0.4 is 10.6 Å². The molecule has 15 heavy (non-hydrogen) atoms. The van der Waals surface area contributed by atoms with Gasteiger partial charge in [-0.1, -0.05) is 26.8 Å². The Kier molecular flexibility index (Phi) is 5.12. The minimum absolute atomic E-state index is 0.499. The van der Waals surface area contributed by atoms with E-state index in [2.05, 4.69) is 36.4 Å². The van der Waals surface area contributed by atoms with Gasteiger partial charge in [-0.15, -0.1) is 0 Å². The fourth-order valence-corrected chi connectivity index (χ4v) is 1.24. The molecule has 3 heteroatoms. The lowest BCUT2D eigenvalue weighted by molar-refractivity contribution is 0.582. The highest BCUT2D eigenvalue weighted by atomic mass is 15.0. The summed E-state index contributed by atoms with van der Waals surface area (Å²) in [5.74, 6) is 0.972. The van der Waals surface area contributed by atoms with E-state index in [0.717, 1.165) is 31.0 Å². The summed E-state index contributed by atoms with van der Waals surface area (Å²) in [5, 5.41) is 6.64. The van der Waals surface area contributed by atoms with E-state index in [1.54, 1.807) is 0 Å². The molecule has 0 atom stereocenters. The van der Waals surface area contributed by atoms with Crippen LogP contribution in [0.15, 0.2) is 18.2 Å². The Labute approximate surface area is 92.3 Å². The predicted molar refractivity (Wildman–Crippen MR) is 65.0 cm³/mol.